The number of nitrogens with zero attached hydrogens (tertiary/aromatic N) is 4. The van der Waals surface area contributed by atoms with Crippen molar-refractivity contribution in [1.29, 1.82) is 0 Å². The topological polar surface area (TPSA) is 50.3 Å². The molecular weight excluding hydrogens is 280 g/mol. The van der Waals surface area contributed by atoms with Gasteiger partial charge in [-0.15, -0.1) is 0 Å². The lowest BCUT2D eigenvalue weighted by molar-refractivity contribution is -0.139. The lowest BCUT2D eigenvalue weighted by Gasteiger charge is -2.41. The van der Waals surface area contributed by atoms with Crippen molar-refractivity contribution in [3.05, 3.63) is 0 Å². The summed E-state index contributed by atoms with van der Waals surface area (Å²) in [6.07, 6.45) is 0. The maximum absolute atomic E-state index is 12.7. The molecule has 0 aromatic carbocycles. The second kappa shape index (κ2) is 7.25. The predicted octanol–water partition coefficient (Wildman–Crippen LogP) is -0.463. The first-order valence-electron chi connectivity index (χ1n) is 8.42. The molecule has 2 aliphatic rings. The molecule has 1 atom stereocenters. The van der Waals surface area contributed by atoms with E-state index in [1.54, 1.807) is 0 Å². The molecule has 0 bridgehead atoms. The maximum atomic E-state index is 12.7. The number of amides is 1. The Morgan fingerprint density at radius 2 is 1.59 bits per heavy atom. The van der Waals surface area contributed by atoms with Crippen LogP contribution in [0.3, 0.4) is 0 Å². The van der Waals surface area contributed by atoms with E-state index < -0.39 is 5.60 Å². The molecule has 0 saturated carbocycles. The van der Waals surface area contributed by atoms with Crippen molar-refractivity contribution in [2.75, 3.05) is 66.0 Å². The Morgan fingerprint density at radius 1 is 1.05 bits per heavy atom. The number of β-amino-alcohol motifs (C(OH)–C–C–N with tert-alkyl or cyclic N) is 1. The highest BCUT2D eigenvalue weighted by molar-refractivity contribution is 5.81. The van der Waals surface area contributed by atoms with E-state index in [1.165, 1.54) is 0 Å². The highest BCUT2D eigenvalue weighted by Crippen LogP contribution is 2.12. The molecule has 0 radical (unpaired) electrons. The van der Waals surface area contributed by atoms with E-state index in [-0.39, 0.29) is 11.9 Å². The van der Waals surface area contributed by atoms with E-state index in [0.717, 1.165) is 52.4 Å². The van der Waals surface area contributed by atoms with E-state index in [1.807, 2.05) is 25.7 Å². The first kappa shape index (κ1) is 17.7. The SMILES string of the molecule is CC(C(=O)N1CCN(CC(C)(C)O)CC1)N1CCN(C)CC1. The molecule has 0 spiro atoms. The third-order valence-electron chi connectivity index (χ3n) is 4.74. The normalized spacial score (nSPS) is 24.5. The average molecular weight is 312 g/mol. The third-order valence-corrected chi connectivity index (χ3v) is 4.74. The van der Waals surface area contributed by atoms with Crippen molar-refractivity contribution < 1.29 is 9.90 Å². The Morgan fingerprint density at radius 3 is 2.09 bits per heavy atom. The van der Waals surface area contributed by atoms with Gasteiger partial charge >= 0.3 is 0 Å². The van der Waals surface area contributed by atoms with Crippen molar-refractivity contribution >= 4 is 5.91 Å². The molecule has 1 N–H and O–H groups in total. The number of carbonyl (C=O) groups excluding carboxylic acids is 1. The summed E-state index contributed by atoms with van der Waals surface area (Å²) < 4.78 is 0. The zero-order chi connectivity index (χ0) is 16.3. The molecule has 128 valence electrons. The van der Waals surface area contributed by atoms with Crippen LogP contribution in [0.5, 0.6) is 0 Å². The lowest BCUT2D eigenvalue weighted by atomic mass is 10.1. The standard InChI is InChI=1S/C16H32N4O2/c1-14(19-9-5-17(4)6-10-19)15(21)20-11-7-18(8-12-20)13-16(2,3)22/h14,22H,5-13H2,1-4H3. The van der Waals surface area contributed by atoms with Gasteiger partial charge in [-0.25, -0.2) is 0 Å². The van der Waals surface area contributed by atoms with Gasteiger partial charge in [0.1, 0.15) is 0 Å². The molecule has 2 fully saturated rings. The van der Waals surface area contributed by atoms with Crippen molar-refractivity contribution in [1.82, 2.24) is 19.6 Å². The fourth-order valence-electron chi connectivity index (χ4n) is 3.30. The smallest absolute Gasteiger partial charge is 0.239 e. The summed E-state index contributed by atoms with van der Waals surface area (Å²) in [6, 6.07) is -0.0190. The zero-order valence-corrected chi connectivity index (χ0v) is 14.6. The average Bonchev–Trinajstić information content (AvgIpc) is 2.46. The Kier molecular flexibility index (Phi) is 5.82. The number of aliphatic hydroxyl groups is 1. The summed E-state index contributed by atoms with van der Waals surface area (Å²) in [6.45, 7) is 13.6. The van der Waals surface area contributed by atoms with Gasteiger partial charge in [0.05, 0.1) is 11.6 Å². The summed E-state index contributed by atoms with van der Waals surface area (Å²) in [5, 5.41) is 9.89. The number of carbonyl (C=O) groups is 1. The van der Waals surface area contributed by atoms with E-state index in [2.05, 4.69) is 21.7 Å². The highest BCUT2D eigenvalue weighted by atomic mass is 16.3. The van der Waals surface area contributed by atoms with Crippen LogP contribution in [0.25, 0.3) is 0 Å². The van der Waals surface area contributed by atoms with Gasteiger partial charge in [-0.3, -0.25) is 14.6 Å². The second-order valence-electron chi connectivity index (χ2n) is 7.43. The van der Waals surface area contributed by atoms with Gasteiger partial charge in [-0.1, -0.05) is 0 Å². The number of piperazine rings is 2. The molecule has 2 saturated heterocycles. The fraction of sp³-hybridized carbons (Fsp3) is 0.938. The molecule has 1 unspecified atom stereocenters. The Bertz CT molecular complexity index is 367. The molecule has 0 aromatic heterocycles. The van der Waals surface area contributed by atoms with Gasteiger partial charge in [0, 0.05) is 58.9 Å². The second-order valence-corrected chi connectivity index (χ2v) is 7.43. The van der Waals surface area contributed by atoms with E-state index in [0.29, 0.717) is 6.54 Å². The van der Waals surface area contributed by atoms with Crippen LogP contribution in [0.2, 0.25) is 0 Å². The monoisotopic (exact) mass is 312 g/mol. The first-order valence-corrected chi connectivity index (χ1v) is 8.42. The minimum Gasteiger partial charge on any atom is -0.389 e. The number of likely N-dealkylation sites (N-methyl/N-ethyl adjacent to an activating group) is 1. The van der Waals surface area contributed by atoms with Gasteiger partial charge in [0.25, 0.3) is 0 Å². The number of hydrogen-bond acceptors (Lipinski definition) is 5. The molecule has 2 aliphatic heterocycles. The van der Waals surface area contributed by atoms with Crippen LogP contribution < -0.4 is 0 Å². The predicted molar refractivity (Wildman–Crippen MR) is 87.8 cm³/mol. The van der Waals surface area contributed by atoms with Gasteiger partial charge in [0.2, 0.25) is 5.91 Å². The number of hydrogen-bond donors (Lipinski definition) is 1. The molecular formula is C16H32N4O2. The van der Waals surface area contributed by atoms with Crippen LogP contribution >= 0.6 is 0 Å². The van der Waals surface area contributed by atoms with Gasteiger partial charge < -0.3 is 14.9 Å². The summed E-state index contributed by atoms with van der Waals surface area (Å²) in [5.74, 6) is 0.257. The number of rotatable bonds is 4. The summed E-state index contributed by atoms with van der Waals surface area (Å²) in [5.41, 5.74) is -0.667. The molecule has 22 heavy (non-hydrogen) atoms. The highest BCUT2D eigenvalue weighted by Gasteiger charge is 2.30. The van der Waals surface area contributed by atoms with Crippen molar-refractivity contribution in [2.24, 2.45) is 0 Å². The van der Waals surface area contributed by atoms with Crippen LogP contribution in [0, 0.1) is 0 Å². The summed E-state index contributed by atoms with van der Waals surface area (Å²) in [4.78, 5) is 21.5. The van der Waals surface area contributed by atoms with Crippen molar-refractivity contribution in [3.8, 4) is 0 Å². The molecule has 2 heterocycles. The van der Waals surface area contributed by atoms with E-state index in [9.17, 15) is 9.90 Å². The lowest BCUT2D eigenvalue weighted by Crippen LogP contribution is -2.57. The van der Waals surface area contributed by atoms with Crippen LogP contribution in [0.15, 0.2) is 0 Å². The zero-order valence-electron chi connectivity index (χ0n) is 14.6. The van der Waals surface area contributed by atoms with Crippen molar-refractivity contribution in [2.45, 2.75) is 32.4 Å². The quantitative estimate of drug-likeness (QED) is 0.761. The Balaban J connectivity index is 1.79. The molecule has 2 rings (SSSR count). The minimum absolute atomic E-state index is 0.0190. The first-order chi connectivity index (χ1) is 10.3. The van der Waals surface area contributed by atoms with Crippen molar-refractivity contribution in [3.63, 3.8) is 0 Å². The fourth-order valence-corrected chi connectivity index (χ4v) is 3.30. The van der Waals surface area contributed by atoms with E-state index >= 15 is 0 Å². The molecule has 6 nitrogen and oxygen atoms in total. The molecule has 0 aromatic rings. The summed E-state index contributed by atoms with van der Waals surface area (Å²) in [7, 11) is 2.13. The van der Waals surface area contributed by atoms with E-state index in [4.69, 9.17) is 0 Å². The molecule has 0 aliphatic carbocycles. The largest absolute Gasteiger partial charge is 0.389 e. The van der Waals surface area contributed by atoms with Crippen LogP contribution in [0.1, 0.15) is 20.8 Å². The molecule has 6 heteroatoms. The van der Waals surface area contributed by atoms with Gasteiger partial charge in [0.15, 0.2) is 0 Å². The third kappa shape index (κ3) is 4.91. The maximum Gasteiger partial charge on any atom is 0.239 e. The van der Waals surface area contributed by atoms with Crippen LogP contribution in [0.4, 0.5) is 0 Å². The minimum atomic E-state index is -0.667. The molecule has 1 amide bonds. The van der Waals surface area contributed by atoms with Crippen LogP contribution in [-0.4, -0.2) is 108 Å². The summed E-state index contributed by atoms with van der Waals surface area (Å²) >= 11 is 0. The van der Waals surface area contributed by atoms with Gasteiger partial charge in [-0.05, 0) is 27.8 Å². The van der Waals surface area contributed by atoms with Gasteiger partial charge in [-0.2, -0.15) is 0 Å². The Labute approximate surface area is 134 Å². The van der Waals surface area contributed by atoms with Crippen LogP contribution in [-0.2, 0) is 4.79 Å². The Hall–Kier alpha value is -0.690.